The Balaban J connectivity index is 2.25. The minimum Gasteiger partial charge on any atom is -0.480 e. The van der Waals surface area contributed by atoms with Crippen LogP contribution in [0.4, 0.5) is 0 Å². The first-order valence-corrected chi connectivity index (χ1v) is 7.07. The maximum Gasteiger partial charge on any atom is 0.317 e. The molecule has 0 saturated heterocycles. The van der Waals surface area contributed by atoms with Crippen molar-refractivity contribution in [1.82, 2.24) is 9.88 Å². The van der Waals surface area contributed by atoms with Gasteiger partial charge in [0.05, 0.1) is 13.1 Å². The summed E-state index contributed by atoms with van der Waals surface area (Å²) >= 11 is 0. The molecule has 21 heavy (non-hydrogen) atoms. The van der Waals surface area contributed by atoms with Gasteiger partial charge in [0.1, 0.15) is 0 Å². The van der Waals surface area contributed by atoms with E-state index in [-0.39, 0.29) is 18.9 Å². The van der Waals surface area contributed by atoms with Gasteiger partial charge in [-0.2, -0.15) is 0 Å². The first kappa shape index (κ1) is 15.3. The molecule has 1 heterocycles. The smallest absolute Gasteiger partial charge is 0.317 e. The van der Waals surface area contributed by atoms with Crippen molar-refractivity contribution in [3.63, 3.8) is 0 Å². The molecular weight excluding hydrogens is 268 g/mol. The van der Waals surface area contributed by atoms with Crippen LogP contribution in [0, 0.1) is 6.92 Å². The first-order valence-electron chi connectivity index (χ1n) is 7.07. The zero-order valence-electron chi connectivity index (χ0n) is 12.3. The van der Waals surface area contributed by atoms with E-state index in [4.69, 9.17) is 5.11 Å². The molecule has 0 radical (unpaired) electrons. The van der Waals surface area contributed by atoms with Crippen LogP contribution in [0.15, 0.2) is 24.3 Å². The Morgan fingerprint density at radius 3 is 2.62 bits per heavy atom. The quantitative estimate of drug-likeness (QED) is 0.768. The van der Waals surface area contributed by atoms with E-state index in [0.29, 0.717) is 12.1 Å². The van der Waals surface area contributed by atoms with Gasteiger partial charge in [0.25, 0.3) is 0 Å². The fraction of sp³-hybridized carbons (Fsp3) is 0.375. The number of rotatable bonds is 7. The number of ketones is 1. The van der Waals surface area contributed by atoms with Gasteiger partial charge in [-0.3, -0.25) is 14.5 Å². The minimum atomic E-state index is -0.910. The van der Waals surface area contributed by atoms with Crippen molar-refractivity contribution in [2.75, 3.05) is 19.6 Å². The third kappa shape index (κ3) is 3.49. The molecule has 1 aromatic heterocycles. The van der Waals surface area contributed by atoms with E-state index in [1.54, 1.807) is 4.90 Å². The highest BCUT2D eigenvalue weighted by atomic mass is 16.4. The Morgan fingerprint density at radius 2 is 1.95 bits per heavy atom. The molecule has 2 rings (SSSR count). The topological polar surface area (TPSA) is 73.4 Å². The Labute approximate surface area is 123 Å². The number of carbonyl (C=O) groups excluding carboxylic acids is 1. The number of nitrogens with zero attached hydrogens (tertiary/aromatic N) is 1. The number of carboxylic acid groups (broad SMARTS) is 1. The molecule has 0 atom stereocenters. The van der Waals surface area contributed by atoms with E-state index in [9.17, 15) is 9.59 Å². The summed E-state index contributed by atoms with van der Waals surface area (Å²) in [6.45, 7) is 4.45. The number of aryl methyl sites for hydroxylation is 1. The zero-order chi connectivity index (χ0) is 15.4. The highest BCUT2D eigenvalue weighted by molar-refractivity contribution is 6.10. The molecule has 5 nitrogen and oxygen atoms in total. The summed E-state index contributed by atoms with van der Waals surface area (Å²) in [6.07, 6.45) is 0.813. The van der Waals surface area contributed by atoms with Gasteiger partial charge < -0.3 is 10.1 Å². The maximum atomic E-state index is 12.6. The van der Waals surface area contributed by atoms with Crippen molar-refractivity contribution in [2.24, 2.45) is 0 Å². The van der Waals surface area contributed by atoms with Crippen molar-refractivity contribution in [1.29, 1.82) is 0 Å². The Morgan fingerprint density at radius 1 is 1.24 bits per heavy atom. The van der Waals surface area contributed by atoms with Crippen molar-refractivity contribution >= 4 is 22.7 Å². The molecule has 2 N–H and O–H groups in total. The highest BCUT2D eigenvalue weighted by Gasteiger charge is 2.19. The lowest BCUT2D eigenvalue weighted by atomic mass is 10.1. The zero-order valence-corrected chi connectivity index (χ0v) is 12.3. The lowest BCUT2D eigenvalue weighted by Gasteiger charge is -2.18. The van der Waals surface area contributed by atoms with Crippen LogP contribution in [-0.4, -0.2) is 46.4 Å². The Bertz CT molecular complexity index is 661. The number of para-hydroxylation sites is 1. The molecule has 112 valence electrons. The second-order valence-electron chi connectivity index (χ2n) is 5.20. The molecule has 1 aromatic carbocycles. The van der Waals surface area contributed by atoms with Gasteiger partial charge in [-0.15, -0.1) is 0 Å². The molecule has 2 aromatic rings. The van der Waals surface area contributed by atoms with E-state index < -0.39 is 5.97 Å². The van der Waals surface area contributed by atoms with Gasteiger partial charge in [0, 0.05) is 22.2 Å². The van der Waals surface area contributed by atoms with Crippen LogP contribution in [0.5, 0.6) is 0 Å². The van der Waals surface area contributed by atoms with E-state index in [1.807, 2.05) is 38.1 Å². The number of benzene rings is 1. The number of hydrogen-bond donors (Lipinski definition) is 2. The molecule has 0 spiro atoms. The number of aliphatic carboxylic acids is 1. The summed E-state index contributed by atoms with van der Waals surface area (Å²) in [7, 11) is 0. The summed E-state index contributed by atoms with van der Waals surface area (Å²) in [6, 6.07) is 7.65. The summed E-state index contributed by atoms with van der Waals surface area (Å²) in [5, 5.41) is 9.82. The summed E-state index contributed by atoms with van der Waals surface area (Å²) in [5.74, 6) is -0.952. The molecule has 0 aliphatic rings. The van der Waals surface area contributed by atoms with Gasteiger partial charge >= 0.3 is 5.97 Å². The van der Waals surface area contributed by atoms with Crippen molar-refractivity contribution < 1.29 is 14.7 Å². The van der Waals surface area contributed by atoms with Gasteiger partial charge in [0.15, 0.2) is 5.78 Å². The molecule has 0 aliphatic carbocycles. The summed E-state index contributed by atoms with van der Waals surface area (Å²) in [4.78, 5) is 28.3. The average molecular weight is 288 g/mol. The SMILES string of the molecule is CCCN(CC(=O)O)CC(=O)c1c(C)[nH]c2ccccc12. The third-order valence-corrected chi connectivity index (χ3v) is 3.44. The van der Waals surface area contributed by atoms with Gasteiger partial charge in [-0.25, -0.2) is 0 Å². The van der Waals surface area contributed by atoms with Crippen LogP contribution in [0.3, 0.4) is 0 Å². The van der Waals surface area contributed by atoms with Crippen molar-refractivity contribution in [2.45, 2.75) is 20.3 Å². The number of H-pyrrole nitrogens is 1. The third-order valence-electron chi connectivity index (χ3n) is 3.44. The van der Waals surface area contributed by atoms with Gasteiger partial charge in [-0.1, -0.05) is 25.1 Å². The number of aromatic amines is 1. The number of fused-ring (bicyclic) bond motifs is 1. The molecule has 5 heteroatoms. The Kier molecular flexibility index (Phi) is 4.75. The molecule has 0 unspecified atom stereocenters. The second-order valence-corrected chi connectivity index (χ2v) is 5.20. The number of carbonyl (C=O) groups is 2. The molecule has 0 amide bonds. The number of hydrogen-bond acceptors (Lipinski definition) is 3. The van der Waals surface area contributed by atoms with Crippen molar-refractivity contribution in [3.8, 4) is 0 Å². The van der Waals surface area contributed by atoms with E-state index >= 15 is 0 Å². The first-order chi connectivity index (χ1) is 10.0. The Hall–Kier alpha value is -2.14. The number of carboxylic acids is 1. The normalized spacial score (nSPS) is 11.2. The van der Waals surface area contributed by atoms with Crippen LogP contribution < -0.4 is 0 Å². The second kappa shape index (κ2) is 6.54. The maximum absolute atomic E-state index is 12.6. The van der Waals surface area contributed by atoms with Crippen LogP contribution in [0.1, 0.15) is 29.4 Å². The predicted molar refractivity (Wildman–Crippen MR) is 81.7 cm³/mol. The van der Waals surface area contributed by atoms with E-state index in [2.05, 4.69) is 4.98 Å². The van der Waals surface area contributed by atoms with Crippen LogP contribution >= 0.6 is 0 Å². The monoisotopic (exact) mass is 288 g/mol. The highest BCUT2D eigenvalue weighted by Crippen LogP contribution is 2.22. The summed E-state index contributed by atoms with van der Waals surface area (Å²) in [5.41, 5.74) is 2.42. The van der Waals surface area contributed by atoms with Crippen LogP contribution in [0.2, 0.25) is 0 Å². The fourth-order valence-corrected chi connectivity index (χ4v) is 2.64. The molecule has 0 aliphatic heterocycles. The standard InChI is InChI=1S/C16H20N2O3/c1-3-8-18(10-15(20)21)9-14(19)16-11(2)17-13-7-5-4-6-12(13)16/h4-7,17H,3,8-10H2,1-2H3,(H,20,21). The lowest BCUT2D eigenvalue weighted by molar-refractivity contribution is -0.138. The molecule has 0 bridgehead atoms. The average Bonchev–Trinajstić information content (AvgIpc) is 2.73. The lowest BCUT2D eigenvalue weighted by Crippen LogP contribution is -2.35. The van der Waals surface area contributed by atoms with E-state index in [0.717, 1.165) is 23.0 Å². The largest absolute Gasteiger partial charge is 0.480 e. The van der Waals surface area contributed by atoms with Crippen LogP contribution in [-0.2, 0) is 4.79 Å². The van der Waals surface area contributed by atoms with Crippen molar-refractivity contribution in [3.05, 3.63) is 35.5 Å². The fourth-order valence-electron chi connectivity index (χ4n) is 2.64. The molecular formula is C16H20N2O3. The number of aromatic nitrogens is 1. The number of Topliss-reactive ketones (excluding diaryl/α,β-unsaturated/α-hetero) is 1. The van der Waals surface area contributed by atoms with Crippen LogP contribution in [0.25, 0.3) is 10.9 Å². The number of nitrogens with one attached hydrogen (secondary N) is 1. The molecule has 0 saturated carbocycles. The predicted octanol–water partition coefficient (Wildman–Crippen LogP) is 2.46. The molecule has 0 fully saturated rings. The van der Waals surface area contributed by atoms with Gasteiger partial charge in [-0.05, 0) is 26.0 Å². The van der Waals surface area contributed by atoms with Gasteiger partial charge in [0.2, 0.25) is 0 Å². The minimum absolute atomic E-state index is 0.0420. The summed E-state index contributed by atoms with van der Waals surface area (Å²) < 4.78 is 0. The van der Waals surface area contributed by atoms with E-state index in [1.165, 1.54) is 0 Å².